The highest BCUT2D eigenvalue weighted by atomic mass is 16.2. The van der Waals surface area contributed by atoms with E-state index in [1.165, 1.54) is 0 Å². The van der Waals surface area contributed by atoms with Crippen LogP contribution in [0.25, 0.3) is 0 Å². The van der Waals surface area contributed by atoms with Gasteiger partial charge < -0.3 is 14.8 Å². The van der Waals surface area contributed by atoms with Crippen LogP contribution in [0.15, 0.2) is 49.1 Å². The summed E-state index contributed by atoms with van der Waals surface area (Å²) in [5.41, 5.74) is 2.64. The van der Waals surface area contributed by atoms with Crippen molar-refractivity contribution in [3.05, 3.63) is 65.9 Å². The Labute approximate surface area is 171 Å². The van der Waals surface area contributed by atoms with Gasteiger partial charge in [-0.25, -0.2) is 9.67 Å². The first-order valence-corrected chi connectivity index (χ1v) is 10.2. The molecule has 29 heavy (non-hydrogen) atoms. The standard InChI is InChI=1S/C22H28N6O/c1-16-13-24-28(19-9-11-26(3)12-10-19)21(16)25-22(29)20-14-23-15-27(20)17(2)18-7-5-4-6-8-18/h4-8,13-15,17,19H,9-12H2,1-3H3,(H,25,29). The van der Waals surface area contributed by atoms with Crippen molar-refractivity contribution in [3.8, 4) is 0 Å². The maximum atomic E-state index is 13.1. The van der Waals surface area contributed by atoms with Gasteiger partial charge in [0.15, 0.2) is 0 Å². The van der Waals surface area contributed by atoms with Gasteiger partial charge in [0.05, 0.1) is 30.8 Å². The molecule has 0 saturated carbocycles. The Kier molecular flexibility index (Phi) is 5.49. The molecule has 4 rings (SSSR count). The zero-order valence-corrected chi connectivity index (χ0v) is 17.2. The van der Waals surface area contributed by atoms with Crippen molar-refractivity contribution in [1.29, 1.82) is 0 Å². The number of hydrogen-bond donors (Lipinski definition) is 1. The quantitative estimate of drug-likeness (QED) is 0.721. The lowest BCUT2D eigenvalue weighted by Gasteiger charge is -2.30. The molecule has 7 heteroatoms. The molecule has 1 fully saturated rings. The van der Waals surface area contributed by atoms with Crippen LogP contribution in [0.2, 0.25) is 0 Å². The van der Waals surface area contributed by atoms with Crippen LogP contribution in [0, 0.1) is 6.92 Å². The predicted molar refractivity (Wildman–Crippen MR) is 113 cm³/mol. The molecule has 1 N–H and O–H groups in total. The molecule has 1 aliphatic rings. The van der Waals surface area contributed by atoms with Crippen molar-refractivity contribution in [1.82, 2.24) is 24.2 Å². The number of nitrogens with one attached hydrogen (secondary N) is 1. The van der Waals surface area contributed by atoms with E-state index in [2.05, 4.69) is 46.4 Å². The van der Waals surface area contributed by atoms with E-state index in [-0.39, 0.29) is 11.9 Å². The fourth-order valence-electron chi connectivity index (χ4n) is 3.97. The SMILES string of the molecule is Cc1cnn(C2CCN(C)CC2)c1NC(=O)c1cncn1C(C)c1ccccc1. The van der Waals surface area contributed by atoms with E-state index in [1.54, 1.807) is 12.5 Å². The van der Waals surface area contributed by atoms with Crippen molar-refractivity contribution in [2.24, 2.45) is 0 Å². The van der Waals surface area contributed by atoms with E-state index in [0.29, 0.717) is 11.7 Å². The topological polar surface area (TPSA) is 68.0 Å². The number of aromatic nitrogens is 4. The number of hydrogen-bond acceptors (Lipinski definition) is 4. The second-order valence-electron chi connectivity index (χ2n) is 7.88. The molecule has 1 amide bonds. The Morgan fingerprint density at radius 3 is 2.62 bits per heavy atom. The van der Waals surface area contributed by atoms with Gasteiger partial charge in [0.1, 0.15) is 11.5 Å². The number of piperidine rings is 1. The fraction of sp³-hybridized carbons (Fsp3) is 0.409. The Bertz CT molecular complexity index is 968. The number of rotatable bonds is 5. The zero-order valence-electron chi connectivity index (χ0n) is 17.2. The van der Waals surface area contributed by atoms with E-state index in [1.807, 2.05) is 40.6 Å². The maximum absolute atomic E-state index is 13.1. The van der Waals surface area contributed by atoms with Gasteiger partial charge in [-0.1, -0.05) is 30.3 Å². The molecule has 0 spiro atoms. The third kappa shape index (κ3) is 3.96. The molecule has 0 bridgehead atoms. The number of carbonyl (C=O) groups is 1. The summed E-state index contributed by atoms with van der Waals surface area (Å²) in [4.78, 5) is 19.7. The third-order valence-electron chi connectivity index (χ3n) is 5.84. The summed E-state index contributed by atoms with van der Waals surface area (Å²) in [6.45, 7) is 6.14. The molecule has 1 saturated heterocycles. The molecule has 152 valence electrons. The molecule has 1 unspecified atom stereocenters. The van der Waals surface area contributed by atoms with Crippen molar-refractivity contribution in [3.63, 3.8) is 0 Å². The third-order valence-corrected chi connectivity index (χ3v) is 5.84. The Morgan fingerprint density at radius 1 is 1.17 bits per heavy atom. The maximum Gasteiger partial charge on any atom is 0.275 e. The number of imidazole rings is 1. The molecule has 3 heterocycles. The van der Waals surface area contributed by atoms with Gasteiger partial charge in [0.2, 0.25) is 0 Å². The number of carbonyl (C=O) groups excluding carboxylic acids is 1. The number of nitrogens with zero attached hydrogens (tertiary/aromatic N) is 5. The van der Waals surface area contributed by atoms with Crippen molar-refractivity contribution in [2.75, 3.05) is 25.5 Å². The summed E-state index contributed by atoms with van der Waals surface area (Å²) >= 11 is 0. The number of amides is 1. The zero-order chi connectivity index (χ0) is 20.4. The van der Waals surface area contributed by atoms with Gasteiger partial charge >= 0.3 is 0 Å². The minimum atomic E-state index is -0.164. The summed E-state index contributed by atoms with van der Waals surface area (Å²) in [5, 5.41) is 7.67. The first-order valence-electron chi connectivity index (χ1n) is 10.2. The average molecular weight is 393 g/mol. The van der Waals surface area contributed by atoms with Gasteiger partial charge in [-0.3, -0.25) is 4.79 Å². The van der Waals surface area contributed by atoms with Crippen molar-refractivity contribution < 1.29 is 4.79 Å². The Hall–Kier alpha value is -2.93. The molecule has 1 atom stereocenters. The number of aryl methyl sites for hydroxylation is 1. The van der Waals surface area contributed by atoms with Gasteiger partial charge in [0.25, 0.3) is 5.91 Å². The summed E-state index contributed by atoms with van der Waals surface area (Å²) in [6, 6.07) is 10.4. The summed E-state index contributed by atoms with van der Waals surface area (Å²) < 4.78 is 3.90. The van der Waals surface area contributed by atoms with E-state index >= 15 is 0 Å². The van der Waals surface area contributed by atoms with Crippen LogP contribution < -0.4 is 5.32 Å². The number of likely N-dealkylation sites (tertiary alicyclic amines) is 1. The minimum Gasteiger partial charge on any atom is -0.319 e. The van der Waals surface area contributed by atoms with Crippen LogP contribution >= 0.6 is 0 Å². The van der Waals surface area contributed by atoms with Crippen LogP contribution in [-0.2, 0) is 0 Å². The molecule has 7 nitrogen and oxygen atoms in total. The first kappa shape index (κ1) is 19.4. The first-order chi connectivity index (χ1) is 14.0. The second-order valence-corrected chi connectivity index (χ2v) is 7.88. The van der Waals surface area contributed by atoms with E-state index in [4.69, 9.17) is 0 Å². The molecule has 0 radical (unpaired) electrons. The summed E-state index contributed by atoms with van der Waals surface area (Å²) in [7, 11) is 2.14. The molecule has 1 aromatic carbocycles. The molecule has 3 aromatic rings. The van der Waals surface area contributed by atoms with Crippen LogP contribution in [0.1, 0.15) is 53.5 Å². The predicted octanol–water partition coefficient (Wildman–Crippen LogP) is 3.52. The molecular formula is C22H28N6O. The van der Waals surface area contributed by atoms with Crippen molar-refractivity contribution in [2.45, 2.75) is 38.8 Å². The highest BCUT2D eigenvalue weighted by Crippen LogP contribution is 2.27. The fourth-order valence-corrected chi connectivity index (χ4v) is 3.97. The van der Waals surface area contributed by atoms with E-state index in [9.17, 15) is 4.79 Å². The normalized spacial score (nSPS) is 16.7. The molecule has 0 aliphatic carbocycles. The molecule has 1 aliphatic heterocycles. The van der Waals surface area contributed by atoms with Gasteiger partial charge in [0, 0.05) is 5.56 Å². The van der Waals surface area contributed by atoms with Gasteiger partial charge in [-0.2, -0.15) is 5.10 Å². The Morgan fingerprint density at radius 2 is 1.90 bits per heavy atom. The smallest absolute Gasteiger partial charge is 0.275 e. The van der Waals surface area contributed by atoms with Crippen LogP contribution in [-0.4, -0.2) is 50.3 Å². The summed E-state index contributed by atoms with van der Waals surface area (Å²) in [6.07, 6.45) is 7.23. The van der Waals surface area contributed by atoms with Crippen LogP contribution in [0.4, 0.5) is 5.82 Å². The average Bonchev–Trinajstić information content (AvgIpc) is 3.36. The number of benzene rings is 1. The van der Waals surface area contributed by atoms with E-state index in [0.717, 1.165) is 42.9 Å². The molecule has 2 aromatic heterocycles. The van der Waals surface area contributed by atoms with Crippen LogP contribution in [0.5, 0.6) is 0 Å². The highest BCUT2D eigenvalue weighted by Gasteiger charge is 2.24. The lowest BCUT2D eigenvalue weighted by Crippen LogP contribution is -2.32. The second kappa shape index (κ2) is 8.21. The lowest BCUT2D eigenvalue weighted by molar-refractivity contribution is 0.101. The minimum absolute atomic E-state index is 0.0133. The highest BCUT2D eigenvalue weighted by molar-refractivity contribution is 6.02. The Balaban J connectivity index is 1.56. The van der Waals surface area contributed by atoms with Gasteiger partial charge in [-0.05, 0) is 52.4 Å². The number of anilines is 1. The van der Waals surface area contributed by atoms with E-state index < -0.39 is 0 Å². The van der Waals surface area contributed by atoms with Crippen molar-refractivity contribution >= 4 is 11.7 Å². The van der Waals surface area contributed by atoms with Crippen LogP contribution in [0.3, 0.4) is 0 Å². The van der Waals surface area contributed by atoms with Gasteiger partial charge in [-0.15, -0.1) is 0 Å². The largest absolute Gasteiger partial charge is 0.319 e. The lowest BCUT2D eigenvalue weighted by atomic mass is 10.1. The summed E-state index contributed by atoms with van der Waals surface area (Å²) in [5.74, 6) is 0.618. The molecular weight excluding hydrogens is 364 g/mol. The monoisotopic (exact) mass is 392 g/mol.